The predicted molar refractivity (Wildman–Crippen MR) is 207 cm³/mol. The average Bonchev–Trinajstić information content (AvgIpc) is 3.50. The molecule has 4 aliphatic rings. The van der Waals surface area contributed by atoms with Crippen molar-refractivity contribution in [2.24, 2.45) is 0 Å². The molecule has 54 heavy (non-hydrogen) atoms. The third-order valence-electron chi connectivity index (χ3n) is 11.6. The molecule has 2 aromatic heterocycles. The smallest absolute Gasteiger partial charge is 0.255 e. The van der Waals surface area contributed by atoms with Gasteiger partial charge in [-0.05, 0) is 85.4 Å². The molecule has 13 heteroatoms. The van der Waals surface area contributed by atoms with E-state index in [0.717, 1.165) is 75.5 Å². The minimum atomic E-state index is -0.601. The van der Waals surface area contributed by atoms with Crippen LogP contribution in [0.4, 0.5) is 11.5 Å². The number of nitrogens with two attached hydrogens (primary N) is 1. The minimum Gasteiger partial charge on any atom is -0.454 e. The Morgan fingerprint density at radius 2 is 1.63 bits per heavy atom. The van der Waals surface area contributed by atoms with E-state index in [-0.39, 0.29) is 40.9 Å². The number of hydrogen-bond acceptors (Lipinski definition) is 10. The number of aromatic nitrogens is 1. The molecule has 1 atom stereocenters. The highest BCUT2D eigenvalue weighted by molar-refractivity contribution is 6.35. The van der Waals surface area contributed by atoms with Gasteiger partial charge in [-0.25, -0.2) is 4.98 Å². The molecule has 3 N–H and O–H groups in total. The standard InChI is InChI=1S/C41H40ClN7O5/c42-31-2-1-3-33-36(31)38(51)37-34(54-33)21-30(39(43)45-37)25-6-4-24(5-7-25)22-46-14-12-27(13-15-46)47-16-18-48(19-17-47)28-8-9-29-26(20-28)23-49(41(29)53)32-10-11-35(50)44-40(32)52/h1-9,20-21,27,32H,10-19,22-23H2,(H2,43,45)(H,44,50,52). The summed E-state index contributed by atoms with van der Waals surface area (Å²) >= 11 is 6.27. The number of amides is 3. The summed E-state index contributed by atoms with van der Waals surface area (Å²) in [5.41, 5.74) is 12.5. The van der Waals surface area contributed by atoms with Crippen molar-refractivity contribution in [3.8, 4) is 11.1 Å². The Morgan fingerprint density at radius 3 is 2.39 bits per heavy atom. The van der Waals surface area contributed by atoms with Crippen LogP contribution in [0.1, 0.15) is 47.2 Å². The summed E-state index contributed by atoms with van der Waals surface area (Å²) in [4.78, 5) is 63.9. The van der Waals surface area contributed by atoms with Crippen molar-refractivity contribution in [2.75, 3.05) is 49.9 Å². The van der Waals surface area contributed by atoms with Crippen molar-refractivity contribution in [3.63, 3.8) is 0 Å². The van der Waals surface area contributed by atoms with Crippen LogP contribution in [0.15, 0.2) is 75.9 Å². The van der Waals surface area contributed by atoms with Crippen LogP contribution >= 0.6 is 11.6 Å². The van der Waals surface area contributed by atoms with Gasteiger partial charge in [0.25, 0.3) is 5.91 Å². The van der Waals surface area contributed by atoms with Crippen molar-refractivity contribution < 1.29 is 18.8 Å². The number of likely N-dealkylation sites (tertiary alicyclic amines) is 1. The molecule has 9 rings (SSSR count). The van der Waals surface area contributed by atoms with Crippen LogP contribution in [0.5, 0.6) is 0 Å². The van der Waals surface area contributed by atoms with Gasteiger partial charge in [0.2, 0.25) is 17.2 Å². The number of nitrogens with one attached hydrogen (secondary N) is 1. The van der Waals surface area contributed by atoms with E-state index < -0.39 is 6.04 Å². The second-order valence-electron chi connectivity index (χ2n) is 14.8. The summed E-state index contributed by atoms with van der Waals surface area (Å²) in [7, 11) is 0. The number of anilines is 2. The molecule has 1 unspecified atom stereocenters. The van der Waals surface area contributed by atoms with Gasteiger partial charge in [-0.3, -0.25) is 34.3 Å². The zero-order valence-corrected chi connectivity index (χ0v) is 30.5. The first kappa shape index (κ1) is 34.5. The van der Waals surface area contributed by atoms with Crippen LogP contribution in [-0.4, -0.2) is 88.8 Å². The number of hydrogen-bond donors (Lipinski definition) is 2. The second kappa shape index (κ2) is 13.8. The van der Waals surface area contributed by atoms with Crippen molar-refractivity contribution in [1.82, 2.24) is 25.0 Å². The fourth-order valence-electron chi connectivity index (χ4n) is 8.62. The number of rotatable bonds is 6. The lowest BCUT2D eigenvalue weighted by Gasteiger charge is -2.43. The quantitative estimate of drug-likeness (QED) is 0.184. The van der Waals surface area contributed by atoms with E-state index in [1.807, 2.05) is 24.3 Å². The van der Waals surface area contributed by atoms with Crippen LogP contribution < -0.4 is 21.4 Å². The first-order chi connectivity index (χ1) is 26.2. The van der Waals surface area contributed by atoms with E-state index in [2.05, 4.69) is 43.2 Å². The van der Waals surface area contributed by atoms with Crippen LogP contribution in [0.3, 0.4) is 0 Å². The fraction of sp³-hybridized carbons (Fsp3) is 0.341. The lowest BCUT2D eigenvalue weighted by Crippen LogP contribution is -2.53. The summed E-state index contributed by atoms with van der Waals surface area (Å²) in [6, 6.07) is 21.2. The highest BCUT2D eigenvalue weighted by Crippen LogP contribution is 2.33. The Labute approximate surface area is 316 Å². The molecule has 12 nitrogen and oxygen atoms in total. The van der Waals surface area contributed by atoms with Gasteiger partial charge >= 0.3 is 0 Å². The Kier molecular flexibility index (Phi) is 8.83. The maximum Gasteiger partial charge on any atom is 0.255 e. The zero-order chi connectivity index (χ0) is 37.1. The molecule has 3 aromatic carbocycles. The van der Waals surface area contributed by atoms with Crippen LogP contribution in [-0.2, 0) is 22.7 Å². The SMILES string of the molecule is Nc1nc2c(=O)c3c(Cl)cccc3oc2cc1-c1ccc(CN2CCC(N3CCN(c4ccc5c(c4)CN(C4CCC(=O)NC4=O)C5=O)CC3)CC2)cc1. The fourth-order valence-corrected chi connectivity index (χ4v) is 8.87. The maximum absolute atomic E-state index is 13.1. The van der Waals surface area contributed by atoms with E-state index in [0.29, 0.717) is 51.7 Å². The normalized spacial score (nSPS) is 20.2. The number of pyridine rings is 1. The summed E-state index contributed by atoms with van der Waals surface area (Å²) in [5, 5.41) is 3.00. The molecular weight excluding hydrogens is 706 g/mol. The second-order valence-corrected chi connectivity index (χ2v) is 15.2. The summed E-state index contributed by atoms with van der Waals surface area (Å²) in [6.45, 7) is 7.16. The molecule has 0 aliphatic carbocycles. The van der Waals surface area contributed by atoms with E-state index in [4.69, 9.17) is 21.8 Å². The largest absolute Gasteiger partial charge is 0.454 e. The van der Waals surface area contributed by atoms with Crippen LogP contribution in [0, 0.1) is 0 Å². The average molecular weight is 746 g/mol. The van der Waals surface area contributed by atoms with Gasteiger partial charge in [-0.1, -0.05) is 41.9 Å². The number of nitrogen functional groups attached to an aromatic ring is 1. The molecular formula is C41H40ClN7O5. The Balaban J connectivity index is 0.780. The Morgan fingerprint density at radius 1 is 0.852 bits per heavy atom. The van der Waals surface area contributed by atoms with Gasteiger partial charge < -0.3 is 20.0 Å². The van der Waals surface area contributed by atoms with E-state index >= 15 is 0 Å². The van der Waals surface area contributed by atoms with Gasteiger partial charge in [0.1, 0.15) is 17.4 Å². The third kappa shape index (κ3) is 6.27. The summed E-state index contributed by atoms with van der Waals surface area (Å²) in [5.74, 6) is -0.538. The predicted octanol–water partition coefficient (Wildman–Crippen LogP) is 4.79. The Bertz CT molecular complexity index is 2380. The van der Waals surface area contributed by atoms with E-state index in [9.17, 15) is 19.2 Å². The number of halogens is 1. The molecule has 3 amide bonds. The lowest BCUT2D eigenvalue weighted by molar-refractivity contribution is -0.136. The van der Waals surface area contributed by atoms with Gasteiger partial charge in [0.05, 0.1) is 10.4 Å². The topological polar surface area (TPSA) is 145 Å². The number of piperazine rings is 1. The number of piperidine rings is 2. The minimum absolute atomic E-state index is 0.138. The van der Waals surface area contributed by atoms with E-state index in [1.54, 1.807) is 29.2 Å². The summed E-state index contributed by atoms with van der Waals surface area (Å²) in [6.07, 6.45) is 2.87. The first-order valence-corrected chi connectivity index (χ1v) is 19.0. The van der Waals surface area contributed by atoms with Crippen molar-refractivity contribution >= 4 is 62.9 Å². The molecule has 0 saturated carbocycles. The number of imide groups is 1. The number of carbonyl (C=O) groups excluding carboxylic acids is 3. The maximum atomic E-state index is 13.1. The van der Waals surface area contributed by atoms with Crippen molar-refractivity contribution in [2.45, 2.75) is 50.9 Å². The van der Waals surface area contributed by atoms with E-state index in [1.165, 1.54) is 5.56 Å². The van der Waals surface area contributed by atoms with Crippen molar-refractivity contribution in [3.05, 3.63) is 98.7 Å². The van der Waals surface area contributed by atoms with Crippen LogP contribution in [0.25, 0.3) is 33.2 Å². The number of fused-ring (bicyclic) bond motifs is 3. The summed E-state index contributed by atoms with van der Waals surface area (Å²) < 4.78 is 6.03. The van der Waals surface area contributed by atoms with Crippen molar-refractivity contribution in [1.29, 1.82) is 0 Å². The zero-order valence-electron chi connectivity index (χ0n) is 29.7. The monoisotopic (exact) mass is 745 g/mol. The third-order valence-corrected chi connectivity index (χ3v) is 11.9. The molecule has 3 saturated heterocycles. The Hall–Kier alpha value is -5.30. The van der Waals surface area contributed by atoms with Crippen LogP contribution in [0.2, 0.25) is 5.02 Å². The molecule has 0 radical (unpaired) electrons. The molecule has 3 fully saturated rings. The number of carbonyl (C=O) groups is 3. The van der Waals surface area contributed by atoms with Gasteiger partial charge in [-0.15, -0.1) is 0 Å². The van der Waals surface area contributed by atoms with Gasteiger partial charge in [0, 0.05) is 68.5 Å². The lowest BCUT2D eigenvalue weighted by atomic mass is 10.0. The first-order valence-electron chi connectivity index (χ1n) is 18.6. The molecule has 0 bridgehead atoms. The highest BCUT2D eigenvalue weighted by atomic mass is 35.5. The molecule has 6 heterocycles. The molecule has 4 aliphatic heterocycles. The highest BCUT2D eigenvalue weighted by Gasteiger charge is 2.39. The number of nitrogens with zero attached hydrogens (tertiary/aromatic N) is 5. The number of benzene rings is 3. The molecule has 0 spiro atoms. The van der Waals surface area contributed by atoms with Gasteiger partial charge in [0.15, 0.2) is 11.1 Å². The molecule has 276 valence electrons. The van der Waals surface area contributed by atoms with Gasteiger partial charge in [-0.2, -0.15) is 0 Å². The molecule has 5 aromatic rings.